The van der Waals surface area contributed by atoms with Crippen molar-refractivity contribution >= 4 is 0 Å². The Balaban J connectivity index is 2.22. The third-order valence-electron chi connectivity index (χ3n) is 3.12. The first-order chi connectivity index (χ1) is 9.24. The fourth-order valence-electron chi connectivity index (χ4n) is 2.03. The van der Waals surface area contributed by atoms with Gasteiger partial charge in [0.2, 0.25) is 0 Å². The lowest BCUT2D eigenvalue weighted by Gasteiger charge is -2.17. The highest BCUT2D eigenvalue weighted by molar-refractivity contribution is 5.33. The van der Waals surface area contributed by atoms with E-state index in [0.29, 0.717) is 0 Å². The van der Waals surface area contributed by atoms with Gasteiger partial charge in [0.05, 0.1) is 7.11 Å². The smallest absolute Gasteiger partial charge is 0.165 e. The van der Waals surface area contributed by atoms with Gasteiger partial charge >= 0.3 is 0 Å². The van der Waals surface area contributed by atoms with Crippen molar-refractivity contribution in [3.8, 4) is 5.75 Å². The number of nitrogens with one attached hydrogen (secondary N) is 1. The van der Waals surface area contributed by atoms with Crippen molar-refractivity contribution in [1.29, 1.82) is 0 Å². The summed E-state index contributed by atoms with van der Waals surface area (Å²) in [7, 11) is 3.36. The van der Waals surface area contributed by atoms with Crippen LogP contribution in [0.2, 0.25) is 0 Å². The number of hydrogen-bond acceptors (Lipinski definition) is 3. The lowest BCUT2D eigenvalue weighted by molar-refractivity contribution is 0.385. The maximum atomic E-state index is 13.4. The van der Waals surface area contributed by atoms with Crippen molar-refractivity contribution in [3.05, 3.63) is 59.7 Å². The highest BCUT2D eigenvalue weighted by Crippen LogP contribution is 2.24. The molecule has 0 radical (unpaired) electrons. The van der Waals surface area contributed by atoms with Gasteiger partial charge in [-0.2, -0.15) is 0 Å². The molecule has 19 heavy (non-hydrogen) atoms. The highest BCUT2D eigenvalue weighted by atomic mass is 19.1. The van der Waals surface area contributed by atoms with Crippen LogP contribution in [-0.2, 0) is 6.42 Å². The lowest BCUT2D eigenvalue weighted by atomic mass is 9.99. The van der Waals surface area contributed by atoms with Crippen LogP contribution in [-0.4, -0.2) is 19.1 Å². The average molecular weight is 260 g/mol. The largest absolute Gasteiger partial charge is 0.494 e. The Morgan fingerprint density at radius 2 is 2.00 bits per heavy atom. The first kappa shape index (κ1) is 13.5. The Hall–Kier alpha value is -1.94. The van der Waals surface area contributed by atoms with Crippen molar-refractivity contribution in [2.45, 2.75) is 12.5 Å². The standard InChI is InChI=1S/C15H17FN2O/c1-17-14(9-11-5-7-18-8-6-11)12-3-4-13(16)15(10-12)19-2/h3-8,10,14,17H,9H2,1-2H3. The van der Waals surface area contributed by atoms with Gasteiger partial charge in [0.15, 0.2) is 11.6 Å². The molecule has 1 aromatic carbocycles. The molecule has 0 aliphatic rings. The lowest BCUT2D eigenvalue weighted by Crippen LogP contribution is -2.19. The van der Waals surface area contributed by atoms with Crippen LogP contribution in [0.5, 0.6) is 5.75 Å². The molecule has 0 spiro atoms. The van der Waals surface area contributed by atoms with Crippen LogP contribution >= 0.6 is 0 Å². The quantitative estimate of drug-likeness (QED) is 0.897. The predicted molar refractivity (Wildman–Crippen MR) is 72.7 cm³/mol. The molecule has 1 atom stereocenters. The van der Waals surface area contributed by atoms with Crippen LogP contribution in [0, 0.1) is 5.82 Å². The van der Waals surface area contributed by atoms with Crippen molar-refractivity contribution in [2.75, 3.05) is 14.2 Å². The summed E-state index contributed by atoms with van der Waals surface area (Å²) in [5.41, 5.74) is 2.18. The Bertz CT molecular complexity index is 531. The Morgan fingerprint density at radius 1 is 1.26 bits per heavy atom. The second kappa shape index (κ2) is 6.29. The van der Waals surface area contributed by atoms with E-state index in [-0.39, 0.29) is 17.6 Å². The zero-order chi connectivity index (χ0) is 13.7. The molecule has 1 unspecified atom stereocenters. The maximum Gasteiger partial charge on any atom is 0.165 e. The number of likely N-dealkylation sites (N-methyl/N-ethyl adjacent to an activating group) is 1. The molecule has 1 heterocycles. The van der Waals surface area contributed by atoms with E-state index >= 15 is 0 Å². The van der Waals surface area contributed by atoms with Gasteiger partial charge in [0, 0.05) is 18.4 Å². The second-order valence-electron chi connectivity index (χ2n) is 4.29. The first-order valence-electron chi connectivity index (χ1n) is 6.14. The van der Waals surface area contributed by atoms with E-state index in [1.165, 1.54) is 18.7 Å². The fourth-order valence-corrected chi connectivity index (χ4v) is 2.03. The van der Waals surface area contributed by atoms with Crippen LogP contribution in [0.4, 0.5) is 4.39 Å². The molecular weight excluding hydrogens is 243 g/mol. The maximum absolute atomic E-state index is 13.4. The first-order valence-corrected chi connectivity index (χ1v) is 6.14. The van der Waals surface area contributed by atoms with Gasteiger partial charge in [-0.15, -0.1) is 0 Å². The molecule has 2 rings (SSSR count). The molecule has 0 saturated carbocycles. The molecule has 2 aromatic rings. The Kier molecular flexibility index (Phi) is 4.47. The molecule has 0 aliphatic carbocycles. The van der Waals surface area contributed by atoms with Crippen molar-refractivity contribution in [1.82, 2.24) is 10.3 Å². The zero-order valence-corrected chi connectivity index (χ0v) is 11.1. The number of methoxy groups -OCH3 is 1. The van der Waals surface area contributed by atoms with E-state index < -0.39 is 0 Å². The topological polar surface area (TPSA) is 34.2 Å². The zero-order valence-electron chi connectivity index (χ0n) is 11.1. The highest BCUT2D eigenvalue weighted by Gasteiger charge is 2.13. The SMILES string of the molecule is CNC(Cc1ccncc1)c1ccc(F)c(OC)c1. The summed E-state index contributed by atoms with van der Waals surface area (Å²) in [4.78, 5) is 4.00. The van der Waals surface area contributed by atoms with Gasteiger partial charge in [0.1, 0.15) is 0 Å². The summed E-state index contributed by atoms with van der Waals surface area (Å²) in [6.45, 7) is 0. The van der Waals surface area contributed by atoms with Gasteiger partial charge in [-0.3, -0.25) is 4.98 Å². The molecule has 1 N–H and O–H groups in total. The van der Waals surface area contributed by atoms with E-state index in [0.717, 1.165) is 12.0 Å². The minimum atomic E-state index is -0.343. The number of rotatable bonds is 5. The van der Waals surface area contributed by atoms with Gasteiger partial charge in [-0.25, -0.2) is 4.39 Å². The van der Waals surface area contributed by atoms with E-state index in [1.54, 1.807) is 24.5 Å². The van der Waals surface area contributed by atoms with Crippen LogP contribution < -0.4 is 10.1 Å². The number of halogens is 1. The summed E-state index contributed by atoms with van der Waals surface area (Å²) in [5.74, 6) is -0.0718. The molecule has 0 amide bonds. The number of pyridine rings is 1. The second-order valence-corrected chi connectivity index (χ2v) is 4.29. The van der Waals surface area contributed by atoms with Crippen molar-refractivity contribution < 1.29 is 9.13 Å². The van der Waals surface area contributed by atoms with E-state index in [1.807, 2.05) is 19.2 Å². The van der Waals surface area contributed by atoms with Crippen LogP contribution in [0.3, 0.4) is 0 Å². The van der Waals surface area contributed by atoms with Crippen LogP contribution in [0.1, 0.15) is 17.2 Å². The molecule has 3 nitrogen and oxygen atoms in total. The van der Waals surface area contributed by atoms with Gasteiger partial charge in [0.25, 0.3) is 0 Å². The molecule has 0 saturated heterocycles. The molecule has 0 aliphatic heterocycles. The van der Waals surface area contributed by atoms with E-state index in [9.17, 15) is 4.39 Å². The summed E-state index contributed by atoms with van der Waals surface area (Å²) >= 11 is 0. The van der Waals surface area contributed by atoms with Crippen molar-refractivity contribution in [2.24, 2.45) is 0 Å². The molecule has 0 bridgehead atoms. The molecular formula is C15H17FN2O. The van der Waals surface area contributed by atoms with Crippen molar-refractivity contribution in [3.63, 3.8) is 0 Å². The minimum Gasteiger partial charge on any atom is -0.494 e. The monoisotopic (exact) mass is 260 g/mol. The van der Waals surface area contributed by atoms with E-state index in [4.69, 9.17) is 4.74 Å². The molecule has 4 heteroatoms. The predicted octanol–water partition coefficient (Wildman–Crippen LogP) is 2.73. The Labute approximate surface area is 112 Å². The number of ether oxygens (including phenoxy) is 1. The Morgan fingerprint density at radius 3 is 2.63 bits per heavy atom. The van der Waals surface area contributed by atoms with Gasteiger partial charge < -0.3 is 10.1 Å². The van der Waals surface area contributed by atoms with Crippen LogP contribution in [0.25, 0.3) is 0 Å². The third-order valence-corrected chi connectivity index (χ3v) is 3.12. The normalized spacial score (nSPS) is 12.2. The summed E-state index contributed by atoms with van der Waals surface area (Å²) < 4.78 is 18.4. The van der Waals surface area contributed by atoms with Gasteiger partial charge in [-0.05, 0) is 48.9 Å². The van der Waals surface area contributed by atoms with E-state index in [2.05, 4.69) is 10.3 Å². The fraction of sp³-hybridized carbons (Fsp3) is 0.267. The molecule has 0 fully saturated rings. The number of hydrogen-bond donors (Lipinski definition) is 1. The van der Waals surface area contributed by atoms with Gasteiger partial charge in [-0.1, -0.05) is 6.07 Å². The van der Waals surface area contributed by atoms with Crippen LogP contribution in [0.15, 0.2) is 42.7 Å². The summed E-state index contributed by atoms with van der Waals surface area (Å²) in [6, 6.07) is 9.01. The minimum absolute atomic E-state index is 0.108. The molecule has 1 aromatic heterocycles. The molecule has 100 valence electrons. The summed E-state index contributed by atoms with van der Waals surface area (Å²) in [6.07, 6.45) is 4.36. The number of nitrogens with zero attached hydrogens (tertiary/aromatic N) is 1. The number of aromatic nitrogens is 1. The summed E-state index contributed by atoms with van der Waals surface area (Å²) in [5, 5.41) is 3.24. The number of benzene rings is 1. The average Bonchev–Trinajstić information content (AvgIpc) is 2.46. The third kappa shape index (κ3) is 3.29.